The minimum absolute atomic E-state index is 0.139. The first-order chi connectivity index (χ1) is 9.56. The highest BCUT2D eigenvalue weighted by Gasteiger charge is 2.15. The molecule has 2 heterocycles. The molecule has 3 N–H and O–H groups in total. The zero-order valence-corrected chi connectivity index (χ0v) is 9.94. The van der Waals surface area contributed by atoms with Crippen molar-refractivity contribution < 1.29 is 13.2 Å². The van der Waals surface area contributed by atoms with E-state index in [4.69, 9.17) is 5.73 Å². The Morgan fingerprint density at radius 1 is 1.15 bits per heavy atom. The van der Waals surface area contributed by atoms with Gasteiger partial charge >= 0.3 is 0 Å². The van der Waals surface area contributed by atoms with E-state index in [2.05, 4.69) is 15.3 Å². The average Bonchev–Trinajstić information content (AvgIpc) is 2.87. The topological polar surface area (TPSA) is 68.2 Å². The van der Waals surface area contributed by atoms with Crippen LogP contribution in [0.3, 0.4) is 0 Å². The van der Waals surface area contributed by atoms with Gasteiger partial charge < -0.3 is 15.5 Å². The Bertz CT molecular complexity index is 799. The fourth-order valence-corrected chi connectivity index (χ4v) is 1.78. The highest BCUT2D eigenvalue weighted by Crippen LogP contribution is 2.25. The van der Waals surface area contributed by atoms with Crippen LogP contribution in [-0.2, 0) is 0 Å². The number of halogens is 3. The normalized spacial score (nSPS) is 10.9. The molecular formula is C12H8F3N5. The summed E-state index contributed by atoms with van der Waals surface area (Å²) >= 11 is 0. The molecule has 0 unspecified atom stereocenters. The van der Waals surface area contributed by atoms with Crippen LogP contribution in [0.5, 0.6) is 0 Å². The van der Waals surface area contributed by atoms with Crippen LogP contribution >= 0.6 is 0 Å². The lowest BCUT2D eigenvalue weighted by atomic mass is 10.3. The Labute approximate surface area is 110 Å². The summed E-state index contributed by atoms with van der Waals surface area (Å²) in [4.78, 5) is 7.98. The lowest BCUT2D eigenvalue weighted by Crippen LogP contribution is -2.04. The van der Waals surface area contributed by atoms with Gasteiger partial charge in [0.05, 0.1) is 11.9 Å². The van der Waals surface area contributed by atoms with E-state index in [1.165, 1.54) is 12.4 Å². The van der Waals surface area contributed by atoms with Crippen LogP contribution in [0.1, 0.15) is 0 Å². The maximum absolute atomic E-state index is 13.6. The second kappa shape index (κ2) is 4.41. The van der Waals surface area contributed by atoms with Crippen molar-refractivity contribution >= 4 is 23.0 Å². The summed E-state index contributed by atoms with van der Waals surface area (Å²) in [6.45, 7) is 0. The van der Waals surface area contributed by atoms with Crippen LogP contribution in [0.2, 0.25) is 0 Å². The fourth-order valence-electron chi connectivity index (χ4n) is 1.78. The Morgan fingerprint density at radius 2 is 1.95 bits per heavy atom. The predicted octanol–water partition coefficient (Wildman–Crippen LogP) is 2.47. The van der Waals surface area contributed by atoms with Crippen LogP contribution in [0.15, 0.2) is 30.7 Å². The van der Waals surface area contributed by atoms with Gasteiger partial charge in [-0.2, -0.15) is 0 Å². The number of anilines is 3. The van der Waals surface area contributed by atoms with Gasteiger partial charge in [-0.05, 0) is 12.1 Å². The Morgan fingerprint density at radius 3 is 2.75 bits per heavy atom. The monoisotopic (exact) mass is 279 g/mol. The third-order valence-corrected chi connectivity index (χ3v) is 2.68. The second-order valence-corrected chi connectivity index (χ2v) is 4.02. The molecule has 3 aromatic rings. The Balaban J connectivity index is 2.10. The molecule has 0 spiro atoms. The van der Waals surface area contributed by atoms with E-state index in [0.717, 1.165) is 12.1 Å². The number of nitrogen functional groups attached to an aromatic ring is 1. The molecule has 2 aromatic heterocycles. The molecule has 0 aliphatic carbocycles. The molecule has 102 valence electrons. The lowest BCUT2D eigenvalue weighted by molar-refractivity contribution is 0.449. The van der Waals surface area contributed by atoms with Crippen molar-refractivity contribution in [2.45, 2.75) is 0 Å². The molecule has 0 amide bonds. The molecule has 0 fully saturated rings. The zero-order valence-electron chi connectivity index (χ0n) is 9.94. The molecule has 0 bridgehead atoms. The first-order valence-corrected chi connectivity index (χ1v) is 5.56. The summed E-state index contributed by atoms with van der Waals surface area (Å²) in [6.07, 6.45) is 4.65. The minimum Gasteiger partial charge on any atom is -0.382 e. The number of nitrogens with two attached hydrogens (primary N) is 1. The largest absolute Gasteiger partial charge is 0.382 e. The number of aromatic nitrogens is 3. The summed E-state index contributed by atoms with van der Waals surface area (Å²) in [5, 5.41) is 2.55. The molecule has 3 rings (SSSR count). The number of hydrogen-bond acceptors (Lipinski definition) is 4. The molecule has 1 aromatic carbocycles. The van der Waals surface area contributed by atoms with E-state index in [1.807, 2.05) is 0 Å². The molecule has 5 nitrogen and oxygen atoms in total. The smallest absolute Gasteiger partial charge is 0.196 e. The van der Waals surface area contributed by atoms with Gasteiger partial charge in [-0.25, -0.2) is 23.1 Å². The van der Waals surface area contributed by atoms with Crippen molar-refractivity contribution in [1.29, 1.82) is 0 Å². The molecule has 0 aliphatic rings. The third-order valence-electron chi connectivity index (χ3n) is 2.68. The lowest BCUT2D eigenvalue weighted by Gasteiger charge is -2.09. The first kappa shape index (κ1) is 12.3. The first-order valence-electron chi connectivity index (χ1n) is 5.56. The van der Waals surface area contributed by atoms with Crippen LogP contribution in [0, 0.1) is 17.5 Å². The maximum Gasteiger partial charge on any atom is 0.196 e. The van der Waals surface area contributed by atoms with Crippen molar-refractivity contribution in [3.05, 3.63) is 48.2 Å². The van der Waals surface area contributed by atoms with Crippen LogP contribution in [0.25, 0.3) is 5.65 Å². The number of rotatable bonds is 2. The maximum atomic E-state index is 13.6. The quantitative estimate of drug-likeness (QED) is 0.707. The van der Waals surface area contributed by atoms with E-state index >= 15 is 0 Å². The summed E-state index contributed by atoms with van der Waals surface area (Å²) in [5.74, 6) is -3.85. The molecule has 0 saturated heterocycles. The van der Waals surface area contributed by atoms with Crippen molar-refractivity contribution in [1.82, 2.24) is 14.4 Å². The summed E-state index contributed by atoms with van der Waals surface area (Å²) < 4.78 is 41.2. The molecule has 0 radical (unpaired) electrons. The SMILES string of the molecule is Nc1cn2ccnc2c(Nc2ccc(F)c(F)c2F)n1. The number of nitrogens with zero attached hydrogens (tertiary/aromatic N) is 3. The van der Waals surface area contributed by atoms with Crippen LogP contribution < -0.4 is 11.1 Å². The summed E-state index contributed by atoms with van der Waals surface area (Å²) in [7, 11) is 0. The van der Waals surface area contributed by atoms with Gasteiger partial charge in [0.25, 0.3) is 0 Å². The van der Waals surface area contributed by atoms with Gasteiger partial charge in [-0.15, -0.1) is 0 Å². The van der Waals surface area contributed by atoms with Gasteiger partial charge in [-0.1, -0.05) is 0 Å². The molecular weight excluding hydrogens is 271 g/mol. The number of benzene rings is 1. The predicted molar refractivity (Wildman–Crippen MR) is 67.0 cm³/mol. The van der Waals surface area contributed by atoms with Crippen molar-refractivity contribution in [2.75, 3.05) is 11.1 Å². The molecule has 20 heavy (non-hydrogen) atoms. The number of nitrogens with one attached hydrogen (secondary N) is 1. The standard InChI is InChI=1S/C12H8F3N5/c13-6-1-2-7(10(15)9(6)14)18-11-12-17-3-4-20(12)5-8(16)19-11/h1-5H,16H2,(H,18,19). The highest BCUT2D eigenvalue weighted by molar-refractivity contribution is 5.71. The fraction of sp³-hybridized carbons (Fsp3) is 0. The molecule has 0 aliphatic heterocycles. The van der Waals surface area contributed by atoms with E-state index in [9.17, 15) is 13.2 Å². The van der Waals surface area contributed by atoms with Gasteiger partial charge in [-0.3, -0.25) is 0 Å². The number of imidazole rings is 1. The van der Waals surface area contributed by atoms with Gasteiger partial charge in [0, 0.05) is 12.4 Å². The van der Waals surface area contributed by atoms with Gasteiger partial charge in [0.15, 0.2) is 28.9 Å². The Kier molecular flexibility index (Phi) is 2.70. The number of fused-ring (bicyclic) bond motifs is 1. The summed E-state index contributed by atoms with van der Waals surface area (Å²) in [6, 6.07) is 1.88. The molecule has 8 heteroatoms. The van der Waals surface area contributed by atoms with E-state index in [-0.39, 0.29) is 17.3 Å². The summed E-state index contributed by atoms with van der Waals surface area (Å²) in [5.41, 5.74) is 5.72. The highest BCUT2D eigenvalue weighted by atomic mass is 19.2. The van der Waals surface area contributed by atoms with Crippen molar-refractivity contribution in [2.24, 2.45) is 0 Å². The zero-order chi connectivity index (χ0) is 14.3. The molecule has 0 saturated carbocycles. The average molecular weight is 279 g/mol. The number of hydrogen-bond donors (Lipinski definition) is 2. The van der Waals surface area contributed by atoms with Gasteiger partial charge in [0.2, 0.25) is 0 Å². The third kappa shape index (κ3) is 1.91. The van der Waals surface area contributed by atoms with Crippen LogP contribution in [0.4, 0.5) is 30.5 Å². The van der Waals surface area contributed by atoms with E-state index in [0.29, 0.717) is 5.65 Å². The molecule has 0 atom stereocenters. The van der Waals surface area contributed by atoms with Crippen molar-refractivity contribution in [3.63, 3.8) is 0 Å². The minimum atomic E-state index is -1.56. The van der Waals surface area contributed by atoms with Crippen LogP contribution in [-0.4, -0.2) is 14.4 Å². The van der Waals surface area contributed by atoms with Gasteiger partial charge in [0.1, 0.15) is 5.82 Å². The second-order valence-electron chi connectivity index (χ2n) is 4.02. The Hall–Kier alpha value is -2.77. The van der Waals surface area contributed by atoms with E-state index < -0.39 is 17.5 Å². The van der Waals surface area contributed by atoms with Crippen molar-refractivity contribution in [3.8, 4) is 0 Å². The van der Waals surface area contributed by atoms with E-state index in [1.54, 1.807) is 10.6 Å².